The molecule has 1 aliphatic rings. The van der Waals surface area contributed by atoms with Crippen LogP contribution in [-0.4, -0.2) is 23.9 Å². The minimum atomic E-state index is -0.444. The number of carbonyl (C=O) groups is 1. The molecule has 0 aromatic heterocycles. The van der Waals surface area contributed by atoms with E-state index in [0.717, 1.165) is 6.42 Å². The Bertz CT molecular complexity index is 611. The number of carbonyl (C=O) groups excluding carboxylic acids is 1. The molecule has 2 nitrogen and oxygen atoms in total. The van der Waals surface area contributed by atoms with E-state index in [1.807, 2.05) is 18.2 Å². The lowest BCUT2D eigenvalue weighted by Crippen LogP contribution is -2.29. The van der Waals surface area contributed by atoms with Crippen molar-refractivity contribution in [2.75, 3.05) is 13.1 Å². The first-order valence-electron chi connectivity index (χ1n) is 6.84. The van der Waals surface area contributed by atoms with Crippen LogP contribution < -0.4 is 0 Å². The predicted molar refractivity (Wildman–Crippen MR) is 76.1 cm³/mol. The van der Waals surface area contributed by atoms with Crippen molar-refractivity contribution in [2.24, 2.45) is 0 Å². The number of halogens is 1. The molecule has 1 fully saturated rings. The molecule has 0 N–H and O–H groups in total. The molecule has 1 saturated heterocycles. The van der Waals surface area contributed by atoms with Crippen LogP contribution in [0.15, 0.2) is 54.6 Å². The maximum absolute atomic E-state index is 13.7. The van der Waals surface area contributed by atoms with Crippen molar-refractivity contribution in [3.8, 4) is 0 Å². The third-order valence-electron chi connectivity index (χ3n) is 3.85. The second kappa shape index (κ2) is 5.45. The van der Waals surface area contributed by atoms with E-state index in [2.05, 4.69) is 12.1 Å². The lowest BCUT2D eigenvalue weighted by Gasteiger charge is -2.17. The molecule has 0 saturated carbocycles. The first kappa shape index (κ1) is 12.9. The van der Waals surface area contributed by atoms with Crippen molar-refractivity contribution < 1.29 is 9.18 Å². The summed E-state index contributed by atoms with van der Waals surface area (Å²) >= 11 is 0. The summed E-state index contributed by atoms with van der Waals surface area (Å²) in [5.74, 6) is -0.297. The van der Waals surface area contributed by atoms with Gasteiger partial charge in [-0.3, -0.25) is 4.79 Å². The number of hydrogen-bond acceptors (Lipinski definition) is 1. The Balaban J connectivity index is 1.75. The fourth-order valence-corrected chi connectivity index (χ4v) is 2.75. The predicted octanol–water partition coefficient (Wildman–Crippen LogP) is 3.46. The van der Waals surface area contributed by atoms with Gasteiger partial charge >= 0.3 is 0 Å². The first-order chi connectivity index (χ1) is 9.75. The minimum Gasteiger partial charge on any atom is -0.338 e. The Morgan fingerprint density at radius 3 is 2.50 bits per heavy atom. The summed E-state index contributed by atoms with van der Waals surface area (Å²) in [5, 5.41) is 0. The van der Waals surface area contributed by atoms with E-state index in [1.165, 1.54) is 11.6 Å². The number of benzene rings is 2. The molecular formula is C17H16FNO. The number of nitrogens with zero attached hydrogens (tertiary/aromatic N) is 1. The third kappa shape index (κ3) is 2.44. The van der Waals surface area contributed by atoms with E-state index in [0.29, 0.717) is 19.0 Å². The van der Waals surface area contributed by atoms with Gasteiger partial charge in [0.2, 0.25) is 0 Å². The van der Waals surface area contributed by atoms with Crippen LogP contribution >= 0.6 is 0 Å². The summed E-state index contributed by atoms with van der Waals surface area (Å²) in [6.45, 7) is 1.35. The van der Waals surface area contributed by atoms with Crippen LogP contribution in [0, 0.1) is 5.82 Å². The van der Waals surface area contributed by atoms with E-state index in [1.54, 1.807) is 23.1 Å². The summed E-state index contributed by atoms with van der Waals surface area (Å²) in [7, 11) is 0. The van der Waals surface area contributed by atoms with Crippen LogP contribution in [0.25, 0.3) is 0 Å². The quantitative estimate of drug-likeness (QED) is 0.817. The van der Waals surface area contributed by atoms with Gasteiger partial charge in [0.1, 0.15) is 5.82 Å². The molecule has 1 heterocycles. The van der Waals surface area contributed by atoms with Gasteiger partial charge in [-0.2, -0.15) is 0 Å². The van der Waals surface area contributed by atoms with E-state index in [9.17, 15) is 9.18 Å². The van der Waals surface area contributed by atoms with Gasteiger partial charge in [-0.15, -0.1) is 0 Å². The second-order valence-corrected chi connectivity index (χ2v) is 5.13. The van der Waals surface area contributed by atoms with E-state index in [4.69, 9.17) is 0 Å². The topological polar surface area (TPSA) is 20.3 Å². The van der Waals surface area contributed by atoms with Crippen molar-refractivity contribution >= 4 is 5.91 Å². The van der Waals surface area contributed by atoms with Gasteiger partial charge in [0.05, 0.1) is 5.56 Å². The van der Waals surface area contributed by atoms with Crippen LogP contribution in [0.1, 0.15) is 28.3 Å². The Labute approximate surface area is 117 Å². The largest absolute Gasteiger partial charge is 0.338 e. The number of hydrogen-bond donors (Lipinski definition) is 0. The van der Waals surface area contributed by atoms with Crippen molar-refractivity contribution in [3.05, 3.63) is 71.5 Å². The van der Waals surface area contributed by atoms with E-state index >= 15 is 0 Å². The van der Waals surface area contributed by atoms with Gasteiger partial charge in [-0.1, -0.05) is 42.5 Å². The van der Waals surface area contributed by atoms with Gasteiger partial charge in [-0.25, -0.2) is 4.39 Å². The highest BCUT2D eigenvalue weighted by Gasteiger charge is 2.28. The van der Waals surface area contributed by atoms with Gasteiger partial charge in [0.15, 0.2) is 0 Å². The summed E-state index contributed by atoms with van der Waals surface area (Å²) in [6.07, 6.45) is 0.935. The van der Waals surface area contributed by atoms with Crippen molar-refractivity contribution in [3.63, 3.8) is 0 Å². The molecule has 20 heavy (non-hydrogen) atoms. The van der Waals surface area contributed by atoms with E-state index in [-0.39, 0.29) is 11.5 Å². The summed E-state index contributed by atoms with van der Waals surface area (Å²) in [6, 6.07) is 16.4. The molecule has 2 aromatic rings. The molecule has 102 valence electrons. The van der Waals surface area contributed by atoms with Gasteiger partial charge in [0.25, 0.3) is 5.91 Å². The molecule has 1 amide bonds. The van der Waals surface area contributed by atoms with Crippen LogP contribution in [0.4, 0.5) is 4.39 Å². The molecule has 0 bridgehead atoms. The SMILES string of the molecule is O=C(c1ccccc1F)N1CCC(c2ccccc2)C1. The van der Waals surface area contributed by atoms with Crippen LogP contribution in [0.5, 0.6) is 0 Å². The number of rotatable bonds is 2. The summed E-state index contributed by atoms with van der Waals surface area (Å²) < 4.78 is 13.7. The fourth-order valence-electron chi connectivity index (χ4n) is 2.75. The number of likely N-dealkylation sites (tertiary alicyclic amines) is 1. The van der Waals surface area contributed by atoms with Gasteiger partial charge < -0.3 is 4.90 Å². The highest BCUT2D eigenvalue weighted by atomic mass is 19.1. The molecule has 1 atom stereocenters. The van der Waals surface area contributed by atoms with Crippen LogP contribution in [0.3, 0.4) is 0 Å². The normalized spacial score (nSPS) is 18.2. The monoisotopic (exact) mass is 269 g/mol. The average Bonchev–Trinajstić information content (AvgIpc) is 2.98. The van der Waals surface area contributed by atoms with Crippen LogP contribution in [-0.2, 0) is 0 Å². The molecule has 1 aliphatic heterocycles. The summed E-state index contributed by atoms with van der Waals surface area (Å²) in [5.41, 5.74) is 1.41. The minimum absolute atomic E-state index is 0.168. The Hall–Kier alpha value is -2.16. The Morgan fingerprint density at radius 2 is 1.75 bits per heavy atom. The molecular weight excluding hydrogens is 253 g/mol. The van der Waals surface area contributed by atoms with Gasteiger partial charge in [0, 0.05) is 19.0 Å². The third-order valence-corrected chi connectivity index (χ3v) is 3.85. The van der Waals surface area contributed by atoms with Crippen LogP contribution in [0.2, 0.25) is 0 Å². The maximum atomic E-state index is 13.7. The first-order valence-corrected chi connectivity index (χ1v) is 6.84. The average molecular weight is 269 g/mol. The van der Waals surface area contributed by atoms with Crippen molar-refractivity contribution in [1.29, 1.82) is 0 Å². The zero-order valence-electron chi connectivity index (χ0n) is 11.1. The summed E-state index contributed by atoms with van der Waals surface area (Å²) in [4.78, 5) is 14.1. The molecule has 0 aliphatic carbocycles. The molecule has 0 radical (unpaired) electrons. The Kier molecular flexibility index (Phi) is 3.50. The standard InChI is InChI=1S/C17H16FNO/c18-16-9-5-4-8-15(16)17(20)19-11-10-14(12-19)13-6-2-1-3-7-13/h1-9,14H,10-12H2. The zero-order chi connectivity index (χ0) is 13.9. The second-order valence-electron chi connectivity index (χ2n) is 5.13. The smallest absolute Gasteiger partial charge is 0.256 e. The van der Waals surface area contributed by atoms with Gasteiger partial charge in [-0.05, 0) is 24.1 Å². The highest BCUT2D eigenvalue weighted by Crippen LogP contribution is 2.28. The lowest BCUT2D eigenvalue weighted by atomic mass is 9.99. The highest BCUT2D eigenvalue weighted by molar-refractivity contribution is 5.94. The van der Waals surface area contributed by atoms with Crippen molar-refractivity contribution in [2.45, 2.75) is 12.3 Å². The molecule has 0 spiro atoms. The fraction of sp³-hybridized carbons (Fsp3) is 0.235. The lowest BCUT2D eigenvalue weighted by molar-refractivity contribution is 0.0786. The molecule has 1 unspecified atom stereocenters. The van der Waals surface area contributed by atoms with Crippen molar-refractivity contribution in [1.82, 2.24) is 4.90 Å². The molecule has 3 heteroatoms. The zero-order valence-corrected chi connectivity index (χ0v) is 11.1. The molecule has 2 aromatic carbocycles. The maximum Gasteiger partial charge on any atom is 0.256 e. The Morgan fingerprint density at radius 1 is 1.05 bits per heavy atom. The number of amides is 1. The molecule has 3 rings (SSSR count). The van der Waals surface area contributed by atoms with E-state index < -0.39 is 5.82 Å².